The van der Waals surface area contributed by atoms with Crippen LogP contribution in [0.25, 0.3) is 0 Å². The van der Waals surface area contributed by atoms with Crippen molar-refractivity contribution in [3.63, 3.8) is 0 Å². The van der Waals surface area contributed by atoms with Crippen LogP contribution in [0.5, 0.6) is 5.75 Å². The van der Waals surface area contributed by atoms with Crippen molar-refractivity contribution in [1.82, 2.24) is 5.32 Å². The van der Waals surface area contributed by atoms with Gasteiger partial charge >= 0.3 is 0 Å². The van der Waals surface area contributed by atoms with Gasteiger partial charge in [-0.2, -0.15) is 0 Å². The van der Waals surface area contributed by atoms with Gasteiger partial charge < -0.3 is 15.2 Å². The second-order valence-electron chi connectivity index (χ2n) is 4.10. The molecule has 0 bridgehead atoms. The van der Waals surface area contributed by atoms with E-state index in [4.69, 9.17) is 16.3 Å². The largest absolute Gasteiger partial charge is 0.496 e. The number of rotatable bonds is 2. The van der Waals surface area contributed by atoms with E-state index >= 15 is 0 Å². The molecule has 0 unspecified atom stereocenters. The van der Waals surface area contributed by atoms with E-state index in [2.05, 4.69) is 5.32 Å². The van der Waals surface area contributed by atoms with Gasteiger partial charge in [-0.05, 0) is 38.1 Å². The Labute approximate surface area is 100 Å². The first-order valence-electron chi connectivity index (χ1n) is 5.43. The molecule has 2 rings (SSSR count). The number of methoxy groups -OCH3 is 1. The average Bonchev–Trinajstić information content (AvgIpc) is 2.29. The third-order valence-electron chi connectivity index (χ3n) is 3.09. The minimum Gasteiger partial charge on any atom is -0.496 e. The van der Waals surface area contributed by atoms with Gasteiger partial charge in [0.1, 0.15) is 5.75 Å². The molecule has 0 aromatic heterocycles. The van der Waals surface area contributed by atoms with Crippen LogP contribution in [0.1, 0.15) is 18.4 Å². The number of hydrogen-bond acceptors (Lipinski definition) is 3. The van der Waals surface area contributed by atoms with Crippen LogP contribution < -0.4 is 10.1 Å². The number of hydrogen-bond donors (Lipinski definition) is 2. The van der Waals surface area contributed by atoms with Gasteiger partial charge in [0.2, 0.25) is 0 Å². The fourth-order valence-corrected chi connectivity index (χ4v) is 2.56. The lowest BCUT2D eigenvalue weighted by molar-refractivity contribution is 0.00404. The molecule has 16 heavy (non-hydrogen) atoms. The van der Waals surface area contributed by atoms with Crippen LogP contribution in [0, 0.1) is 0 Å². The zero-order valence-electron chi connectivity index (χ0n) is 9.29. The van der Waals surface area contributed by atoms with Crippen LogP contribution in [-0.4, -0.2) is 25.3 Å². The van der Waals surface area contributed by atoms with Gasteiger partial charge in [-0.3, -0.25) is 0 Å². The Morgan fingerprint density at radius 3 is 2.69 bits per heavy atom. The van der Waals surface area contributed by atoms with Gasteiger partial charge in [-0.25, -0.2) is 0 Å². The summed E-state index contributed by atoms with van der Waals surface area (Å²) in [6.45, 7) is 1.59. The van der Waals surface area contributed by atoms with E-state index in [-0.39, 0.29) is 0 Å². The van der Waals surface area contributed by atoms with E-state index in [1.807, 2.05) is 12.1 Å². The molecule has 1 aliphatic heterocycles. The Morgan fingerprint density at radius 1 is 1.38 bits per heavy atom. The Hall–Kier alpha value is -0.770. The Balaban J connectivity index is 2.44. The maximum atomic E-state index is 10.6. The maximum absolute atomic E-state index is 10.6. The fourth-order valence-electron chi connectivity index (χ4n) is 2.22. The molecule has 0 aliphatic carbocycles. The summed E-state index contributed by atoms with van der Waals surface area (Å²) in [4.78, 5) is 0. The van der Waals surface area contributed by atoms with Crippen molar-refractivity contribution in [2.75, 3.05) is 20.2 Å². The summed E-state index contributed by atoms with van der Waals surface area (Å²) in [5.74, 6) is 0.664. The SMILES string of the molecule is COc1cccc(Cl)c1C1(O)CCNCC1. The van der Waals surface area contributed by atoms with Gasteiger partial charge in [0, 0.05) is 5.56 Å². The second kappa shape index (κ2) is 4.62. The van der Waals surface area contributed by atoms with Crippen LogP contribution in [0.3, 0.4) is 0 Å². The van der Waals surface area contributed by atoms with Crippen LogP contribution in [-0.2, 0) is 5.60 Å². The number of ether oxygens (including phenoxy) is 1. The standard InChI is InChI=1S/C12H16ClNO2/c1-16-10-4-2-3-9(13)11(10)12(15)5-7-14-8-6-12/h2-4,14-15H,5-8H2,1H3. The van der Waals surface area contributed by atoms with Gasteiger partial charge in [0.25, 0.3) is 0 Å². The Morgan fingerprint density at radius 2 is 2.06 bits per heavy atom. The van der Waals surface area contributed by atoms with Gasteiger partial charge in [0.05, 0.1) is 17.7 Å². The molecule has 1 aromatic rings. The molecule has 1 aliphatic rings. The second-order valence-corrected chi connectivity index (χ2v) is 4.51. The molecule has 1 saturated heterocycles. The van der Waals surface area contributed by atoms with Crippen molar-refractivity contribution in [2.24, 2.45) is 0 Å². The molecule has 0 saturated carbocycles. The van der Waals surface area contributed by atoms with Crippen LogP contribution in [0.4, 0.5) is 0 Å². The lowest BCUT2D eigenvalue weighted by Gasteiger charge is -2.34. The zero-order valence-corrected chi connectivity index (χ0v) is 10.0. The number of piperidine rings is 1. The van der Waals surface area contributed by atoms with Crippen LogP contribution >= 0.6 is 11.6 Å². The van der Waals surface area contributed by atoms with Crippen molar-refractivity contribution < 1.29 is 9.84 Å². The molecule has 3 nitrogen and oxygen atoms in total. The molecule has 2 N–H and O–H groups in total. The van der Waals surface area contributed by atoms with Crippen molar-refractivity contribution in [1.29, 1.82) is 0 Å². The third kappa shape index (κ3) is 2.03. The van der Waals surface area contributed by atoms with Gasteiger partial charge in [-0.1, -0.05) is 17.7 Å². The minimum atomic E-state index is -0.866. The van der Waals surface area contributed by atoms with E-state index in [1.165, 1.54) is 0 Å². The van der Waals surface area contributed by atoms with E-state index in [9.17, 15) is 5.11 Å². The summed E-state index contributed by atoms with van der Waals surface area (Å²) in [7, 11) is 1.60. The molecule has 1 fully saturated rings. The van der Waals surface area contributed by atoms with Crippen molar-refractivity contribution >= 4 is 11.6 Å². The minimum absolute atomic E-state index is 0.573. The number of nitrogens with one attached hydrogen (secondary N) is 1. The predicted octanol–water partition coefficient (Wildman–Crippen LogP) is 1.92. The molecule has 1 heterocycles. The predicted molar refractivity (Wildman–Crippen MR) is 64.0 cm³/mol. The molecule has 0 radical (unpaired) electrons. The smallest absolute Gasteiger partial charge is 0.126 e. The first-order chi connectivity index (χ1) is 7.67. The van der Waals surface area contributed by atoms with Crippen molar-refractivity contribution in [3.05, 3.63) is 28.8 Å². The third-order valence-corrected chi connectivity index (χ3v) is 3.41. The topological polar surface area (TPSA) is 41.5 Å². The molecule has 0 atom stereocenters. The lowest BCUT2D eigenvalue weighted by atomic mass is 9.84. The highest BCUT2D eigenvalue weighted by atomic mass is 35.5. The fraction of sp³-hybridized carbons (Fsp3) is 0.500. The summed E-state index contributed by atoms with van der Waals surface area (Å²) in [5.41, 5.74) is -0.143. The number of benzene rings is 1. The monoisotopic (exact) mass is 241 g/mol. The van der Waals surface area contributed by atoms with E-state index in [0.717, 1.165) is 18.7 Å². The summed E-state index contributed by atoms with van der Waals surface area (Å²) >= 11 is 6.17. The average molecular weight is 242 g/mol. The Bertz CT molecular complexity index is 375. The summed E-state index contributed by atoms with van der Waals surface area (Å²) in [5, 5.41) is 14.4. The lowest BCUT2D eigenvalue weighted by Crippen LogP contribution is -2.40. The van der Waals surface area contributed by atoms with Gasteiger partial charge in [0.15, 0.2) is 0 Å². The van der Waals surface area contributed by atoms with E-state index in [1.54, 1.807) is 13.2 Å². The molecule has 4 heteroatoms. The van der Waals surface area contributed by atoms with Gasteiger partial charge in [-0.15, -0.1) is 0 Å². The normalized spacial score (nSPS) is 19.4. The first kappa shape index (κ1) is 11.7. The van der Waals surface area contributed by atoms with Crippen molar-refractivity contribution in [2.45, 2.75) is 18.4 Å². The molecular weight excluding hydrogens is 226 g/mol. The van der Waals surface area contributed by atoms with E-state index < -0.39 is 5.60 Å². The highest BCUT2D eigenvalue weighted by Gasteiger charge is 2.35. The Kier molecular flexibility index (Phi) is 3.38. The quantitative estimate of drug-likeness (QED) is 0.831. The molecule has 88 valence electrons. The zero-order chi connectivity index (χ0) is 11.6. The van der Waals surface area contributed by atoms with Crippen LogP contribution in [0.2, 0.25) is 5.02 Å². The summed E-state index contributed by atoms with van der Waals surface area (Å²) in [6, 6.07) is 5.45. The highest BCUT2D eigenvalue weighted by molar-refractivity contribution is 6.31. The summed E-state index contributed by atoms with van der Waals surface area (Å²) < 4.78 is 5.28. The summed E-state index contributed by atoms with van der Waals surface area (Å²) in [6.07, 6.45) is 1.32. The molecule has 0 amide bonds. The first-order valence-corrected chi connectivity index (χ1v) is 5.81. The molecular formula is C12H16ClNO2. The highest BCUT2D eigenvalue weighted by Crippen LogP contribution is 2.40. The van der Waals surface area contributed by atoms with E-state index in [0.29, 0.717) is 23.6 Å². The number of aliphatic hydroxyl groups is 1. The van der Waals surface area contributed by atoms with Crippen molar-refractivity contribution in [3.8, 4) is 5.75 Å². The number of halogens is 1. The molecule has 1 aromatic carbocycles. The molecule has 0 spiro atoms. The maximum Gasteiger partial charge on any atom is 0.126 e. The van der Waals surface area contributed by atoms with Crippen LogP contribution in [0.15, 0.2) is 18.2 Å².